The van der Waals surface area contributed by atoms with Gasteiger partial charge >= 0.3 is 0 Å². The summed E-state index contributed by atoms with van der Waals surface area (Å²) < 4.78 is 18.0. The molecule has 0 saturated carbocycles. The number of benzene rings is 1. The van der Waals surface area contributed by atoms with Gasteiger partial charge in [-0.15, -0.1) is 10.8 Å². The largest absolute Gasteiger partial charge is 0.397 e. The Hall–Kier alpha value is -0.950. The first-order valence-electron chi connectivity index (χ1n) is 3.12. The van der Waals surface area contributed by atoms with Gasteiger partial charge in [0.15, 0.2) is 0 Å². The van der Waals surface area contributed by atoms with E-state index in [4.69, 9.17) is 25.7 Å². The zero-order chi connectivity index (χ0) is 9.35. The summed E-state index contributed by atoms with van der Waals surface area (Å²) in [6, 6.07) is 4.26. The van der Waals surface area contributed by atoms with Crippen LogP contribution in [0, 0.1) is 0 Å². The average Bonchev–Trinajstić information content (AvgIpc) is 1.92. The van der Waals surface area contributed by atoms with Crippen LogP contribution in [0.1, 0.15) is 0 Å². The molecule has 68 valence electrons. The third-order valence-corrected chi connectivity index (χ3v) is 2.35. The molecule has 0 spiro atoms. The van der Waals surface area contributed by atoms with Gasteiger partial charge in [0, 0.05) is 0 Å². The van der Waals surface area contributed by atoms with Crippen LogP contribution < -0.4 is 16.6 Å². The first-order chi connectivity index (χ1) is 5.41. The summed E-state index contributed by atoms with van der Waals surface area (Å²) in [5, 5.41) is 5.07. The molecule has 1 aromatic carbocycles. The minimum absolute atomic E-state index is 0.189. The predicted molar refractivity (Wildman–Crippen MR) is 50.6 cm³/mol. The first-order valence-corrected chi connectivity index (χ1v) is 4.73. The van der Waals surface area contributed by atoms with Gasteiger partial charge < -0.3 is 11.5 Å². The van der Waals surface area contributed by atoms with Crippen LogP contribution in [0.2, 0.25) is 0 Å². The molecule has 1 aromatic rings. The molecule has 0 fully saturated rings. The van der Waals surface area contributed by atoms with Gasteiger partial charge in [-0.1, -0.05) is 0 Å². The van der Waals surface area contributed by atoms with Crippen molar-refractivity contribution in [1.29, 1.82) is 0 Å². The summed E-state index contributed by atoms with van der Waals surface area (Å²) >= 11 is 0. The number of rotatable bonds is 1. The summed E-state index contributed by atoms with van der Waals surface area (Å²) in [6.07, 6.45) is 0. The zero-order valence-electron chi connectivity index (χ0n) is 6.27. The molecule has 0 unspecified atom stereocenters. The molecule has 0 atom stereocenters. The van der Waals surface area contributed by atoms with Crippen LogP contribution in [0.15, 0.2) is 23.1 Å². The fraction of sp³-hybridized carbons (Fsp3) is 0. The lowest BCUT2D eigenvalue weighted by Gasteiger charge is -2.26. The summed E-state index contributed by atoms with van der Waals surface area (Å²) in [5.41, 5.74) is 11.5. The van der Waals surface area contributed by atoms with Gasteiger partial charge in [0.2, 0.25) is 0 Å². The number of nitrogen functional groups attached to an aromatic ring is 2. The van der Waals surface area contributed by atoms with Gasteiger partial charge in [0.25, 0.3) is 0 Å². The Kier molecular flexibility index (Phi) is 2.16. The minimum atomic E-state index is -3.18. The van der Waals surface area contributed by atoms with Crippen molar-refractivity contribution >= 4 is 22.2 Å². The van der Waals surface area contributed by atoms with Crippen molar-refractivity contribution in [3.8, 4) is 0 Å². The van der Waals surface area contributed by atoms with Crippen molar-refractivity contribution in [2.24, 2.45) is 5.14 Å². The van der Waals surface area contributed by atoms with Gasteiger partial charge in [-0.3, -0.25) is 9.11 Å². The topological polar surface area (TPSA) is 119 Å². The number of anilines is 2. The minimum Gasteiger partial charge on any atom is -0.397 e. The highest BCUT2D eigenvalue weighted by Crippen LogP contribution is 2.41. The highest BCUT2D eigenvalue weighted by Gasteiger charge is 2.09. The third-order valence-electron chi connectivity index (χ3n) is 1.41. The second-order valence-electron chi connectivity index (χ2n) is 2.38. The van der Waals surface area contributed by atoms with E-state index in [-0.39, 0.29) is 10.6 Å². The Morgan fingerprint density at radius 1 is 1.08 bits per heavy atom. The van der Waals surface area contributed by atoms with E-state index < -0.39 is 10.8 Å². The predicted octanol–water partition coefficient (Wildman–Crippen LogP) is 0.834. The van der Waals surface area contributed by atoms with Crippen molar-refractivity contribution in [3.05, 3.63) is 18.2 Å². The SMILES string of the molecule is Nc1ccc(S(N)(O)O)cc1N. The van der Waals surface area contributed by atoms with Crippen molar-refractivity contribution in [3.63, 3.8) is 0 Å². The van der Waals surface area contributed by atoms with Crippen LogP contribution in [0.5, 0.6) is 0 Å². The fourth-order valence-electron chi connectivity index (χ4n) is 0.740. The summed E-state index contributed by atoms with van der Waals surface area (Å²) in [5.74, 6) is 0. The highest BCUT2D eigenvalue weighted by atomic mass is 32.3. The number of hydrogen-bond acceptors (Lipinski definition) is 5. The summed E-state index contributed by atoms with van der Waals surface area (Å²) in [4.78, 5) is 0.189. The molecule has 0 aromatic heterocycles. The maximum Gasteiger partial charge on any atom is 0.0769 e. The second-order valence-corrected chi connectivity index (χ2v) is 4.04. The lowest BCUT2D eigenvalue weighted by atomic mass is 10.3. The Balaban J connectivity index is 3.14. The fourth-order valence-corrected chi connectivity index (χ4v) is 1.31. The van der Waals surface area contributed by atoms with Crippen LogP contribution in [-0.4, -0.2) is 9.11 Å². The van der Waals surface area contributed by atoms with Gasteiger partial charge in [-0.2, -0.15) is 0 Å². The first kappa shape index (κ1) is 9.14. The van der Waals surface area contributed by atoms with Gasteiger partial charge in [0.1, 0.15) is 0 Å². The average molecular weight is 189 g/mol. The molecule has 0 aliphatic carbocycles. The Morgan fingerprint density at radius 3 is 2.08 bits per heavy atom. The summed E-state index contributed by atoms with van der Waals surface area (Å²) in [7, 11) is -3.18. The Morgan fingerprint density at radius 2 is 1.67 bits per heavy atom. The van der Waals surface area contributed by atoms with E-state index in [2.05, 4.69) is 0 Å². The van der Waals surface area contributed by atoms with Crippen LogP contribution in [0.25, 0.3) is 0 Å². The van der Waals surface area contributed by atoms with Gasteiger partial charge in [-0.05, 0) is 18.2 Å². The lowest BCUT2D eigenvalue weighted by Crippen LogP contribution is -2.09. The van der Waals surface area contributed by atoms with Crippen molar-refractivity contribution in [2.45, 2.75) is 4.90 Å². The second kappa shape index (κ2) is 2.83. The molecule has 0 radical (unpaired) electrons. The Labute approximate surface area is 71.7 Å². The molecule has 0 amide bonds. The molecule has 12 heavy (non-hydrogen) atoms. The maximum absolute atomic E-state index is 9.02. The van der Waals surface area contributed by atoms with Gasteiger partial charge in [0.05, 0.1) is 16.3 Å². The van der Waals surface area contributed by atoms with Crippen molar-refractivity contribution in [1.82, 2.24) is 0 Å². The number of nitrogens with two attached hydrogens (primary N) is 3. The molecular formula is C6H11N3O2S. The standard InChI is InChI=1S/C6H11N3O2S/c7-5-2-1-4(3-6(5)8)12(9,10)11/h1-3,10-11H,7-9H2. The van der Waals surface area contributed by atoms with Crippen molar-refractivity contribution in [2.75, 3.05) is 11.5 Å². The molecule has 8 N–H and O–H groups in total. The quantitative estimate of drug-likeness (QED) is 0.419. The van der Waals surface area contributed by atoms with E-state index in [9.17, 15) is 0 Å². The molecule has 5 nitrogen and oxygen atoms in total. The Bertz CT molecular complexity index is 297. The van der Waals surface area contributed by atoms with Crippen molar-refractivity contribution < 1.29 is 9.11 Å². The van der Waals surface area contributed by atoms with E-state index in [1.165, 1.54) is 18.2 Å². The van der Waals surface area contributed by atoms with E-state index >= 15 is 0 Å². The zero-order valence-corrected chi connectivity index (χ0v) is 7.08. The van der Waals surface area contributed by atoms with E-state index in [1.54, 1.807) is 0 Å². The molecule has 0 aliphatic rings. The molecular weight excluding hydrogens is 178 g/mol. The summed E-state index contributed by atoms with van der Waals surface area (Å²) in [6.45, 7) is 0. The third kappa shape index (κ3) is 1.80. The van der Waals surface area contributed by atoms with Crippen LogP contribution in [0.3, 0.4) is 0 Å². The van der Waals surface area contributed by atoms with Crippen LogP contribution in [-0.2, 0) is 0 Å². The molecule has 1 rings (SSSR count). The molecule has 0 heterocycles. The lowest BCUT2D eigenvalue weighted by molar-refractivity contribution is 0.489. The van der Waals surface area contributed by atoms with Gasteiger partial charge in [-0.25, -0.2) is 5.14 Å². The normalized spacial score (nSPS) is 12.9. The molecule has 0 bridgehead atoms. The smallest absolute Gasteiger partial charge is 0.0769 e. The molecule has 0 aliphatic heterocycles. The maximum atomic E-state index is 9.02. The van der Waals surface area contributed by atoms with E-state index in [1.807, 2.05) is 0 Å². The van der Waals surface area contributed by atoms with Crippen LogP contribution >= 0.6 is 10.8 Å². The van der Waals surface area contributed by atoms with Crippen LogP contribution in [0.4, 0.5) is 11.4 Å². The highest BCUT2D eigenvalue weighted by molar-refractivity contribution is 8.22. The monoisotopic (exact) mass is 189 g/mol. The molecule has 6 heteroatoms. The number of hydrogen-bond donors (Lipinski definition) is 5. The molecule has 0 saturated heterocycles. The van der Waals surface area contributed by atoms with E-state index in [0.717, 1.165) is 0 Å². The van der Waals surface area contributed by atoms with E-state index in [0.29, 0.717) is 5.69 Å².